The molecule has 0 radical (unpaired) electrons. The van der Waals surface area contributed by atoms with Gasteiger partial charge in [-0.15, -0.1) is 0 Å². The van der Waals surface area contributed by atoms with E-state index in [9.17, 15) is 0 Å². The van der Waals surface area contributed by atoms with Crippen molar-refractivity contribution in [2.75, 3.05) is 0 Å². The van der Waals surface area contributed by atoms with E-state index < -0.39 is 0 Å². The van der Waals surface area contributed by atoms with E-state index >= 15 is 0 Å². The van der Waals surface area contributed by atoms with Crippen LogP contribution in [0.15, 0.2) is 196 Å². The molecule has 15 rings (SSSR count). The number of para-hydroxylation sites is 2. The van der Waals surface area contributed by atoms with Crippen LogP contribution in [0.3, 0.4) is 0 Å². The number of fused-ring (bicyclic) bond motifs is 18. The van der Waals surface area contributed by atoms with Crippen molar-refractivity contribution in [1.82, 2.24) is 0 Å². The van der Waals surface area contributed by atoms with Crippen LogP contribution in [0, 0.1) is 0 Å². The second-order valence-electron chi connectivity index (χ2n) is 22.2. The highest BCUT2D eigenvalue weighted by Gasteiger charge is 2.43. The molecule has 0 atom stereocenters. The van der Waals surface area contributed by atoms with Crippen molar-refractivity contribution in [2.45, 2.75) is 64.2 Å². The average molecular weight is 923 g/mol. The van der Waals surface area contributed by atoms with Gasteiger partial charge in [0.15, 0.2) is 0 Å². The third-order valence-corrected chi connectivity index (χ3v) is 17.1. The summed E-state index contributed by atoms with van der Waals surface area (Å²) in [5, 5.41) is 7.22. The first-order valence-electron chi connectivity index (χ1n) is 25.4. The lowest BCUT2D eigenvalue weighted by Crippen LogP contribution is -2.17. The third kappa shape index (κ3) is 5.63. The SMILES string of the molecule is CC1(C)c2cc(C/C(=C/c3ccc4c(c3)C(C)(C)c3cc(C5=C=C=CC=C5)c5oc6ccccc6c5c3-4)c3ccc4ccccc4c3)ccc2-c2cc3c(cc21)-c1c(ccc2oc4ccccc4c12)C3(C)C. The zero-order chi connectivity index (χ0) is 48.4. The Morgan fingerprint density at radius 1 is 0.486 bits per heavy atom. The van der Waals surface area contributed by atoms with Crippen LogP contribution in [0.1, 0.15) is 97.2 Å². The number of allylic oxidation sites excluding steroid dienone is 5. The van der Waals surface area contributed by atoms with E-state index in [1.807, 2.05) is 12.2 Å². The largest absolute Gasteiger partial charge is 0.456 e. The molecule has 0 bridgehead atoms. The molecular formula is C70H50O2. The summed E-state index contributed by atoms with van der Waals surface area (Å²) in [6.07, 6.45) is 9.29. The van der Waals surface area contributed by atoms with Crippen LogP contribution < -0.4 is 0 Å². The molecule has 0 N–H and O–H groups in total. The molecule has 9 aromatic carbocycles. The summed E-state index contributed by atoms with van der Waals surface area (Å²) in [7, 11) is 0. The second-order valence-corrected chi connectivity index (χ2v) is 22.2. The van der Waals surface area contributed by atoms with Gasteiger partial charge in [-0.25, -0.2) is 0 Å². The first-order chi connectivity index (χ1) is 34.9. The summed E-state index contributed by atoms with van der Waals surface area (Å²) >= 11 is 0. The van der Waals surface area contributed by atoms with Crippen LogP contribution in [-0.4, -0.2) is 0 Å². The van der Waals surface area contributed by atoms with E-state index in [0.717, 1.165) is 45.3 Å². The molecule has 2 heteroatoms. The van der Waals surface area contributed by atoms with Gasteiger partial charge in [0, 0.05) is 48.9 Å². The van der Waals surface area contributed by atoms with Gasteiger partial charge in [0.2, 0.25) is 0 Å². The van der Waals surface area contributed by atoms with Gasteiger partial charge in [-0.2, -0.15) is 0 Å². The molecule has 0 amide bonds. The predicted octanol–water partition coefficient (Wildman–Crippen LogP) is 18.6. The molecule has 342 valence electrons. The minimum atomic E-state index is -0.270. The molecule has 2 aromatic heterocycles. The first kappa shape index (κ1) is 41.4. The quantitative estimate of drug-likeness (QED) is 0.127. The zero-order valence-electron chi connectivity index (χ0n) is 41.3. The third-order valence-electron chi connectivity index (χ3n) is 17.1. The Hall–Kier alpha value is -8.38. The minimum absolute atomic E-state index is 0.156. The first-order valence-corrected chi connectivity index (χ1v) is 25.4. The van der Waals surface area contributed by atoms with Gasteiger partial charge >= 0.3 is 0 Å². The van der Waals surface area contributed by atoms with Crippen molar-refractivity contribution in [1.29, 1.82) is 0 Å². The number of furan rings is 2. The summed E-state index contributed by atoms with van der Waals surface area (Å²) in [4.78, 5) is 0. The van der Waals surface area contributed by atoms with Crippen LogP contribution in [0.2, 0.25) is 0 Å². The summed E-state index contributed by atoms with van der Waals surface area (Å²) < 4.78 is 13.2. The highest BCUT2D eigenvalue weighted by atomic mass is 16.3. The van der Waals surface area contributed by atoms with Gasteiger partial charge in [-0.3, -0.25) is 0 Å². The molecule has 2 nitrogen and oxygen atoms in total. The van der Waals surface area contributed by atoms with Gasteiger partial charge in [-0.05, 0) is 161 Å². The molecule has 0 saturated heterocycles. The number of hydrogen-bond donors (Lipinski definition) is 0. The molecule has 0 unspecified atom stereocenters. The molecule has 0 fully saturated rings. The van der Waals surface area contributed by atoms with Crippen LogP contribution in [0.4, 0.5) is 0 Å². The van der Waals surface area contributed by atoms with E-state index in [0.29, 0.717) is 0 Å². The summed E-state index contributed by atoms with van der Waals surface area (Å²) in [5.41, 5.74) is 32.8. The molecule has 0 spiro atoms. The van der Waals surface area contributed by atoms with Crippen molar-refractivity contribution in [3.8, 4) is 33.4 Å². The fraction of sp³-hybridized carbons (Fsp3) is 0.143. The Morgan fingerprint density at radius 3 is 1.96 bits per heavy atom. The standard InChI is InChI=1S/C70H50O2/c1-68(2)54-30-31-62-65(49-20-12-14-22-60(49)71-62)64(54)53-39-57-52(38-58(53)68)47-28-24-40(34-55(47)69(57,3)4)32-46(45-27-26-42-16-10-11-19-44(42)36-45)33-41-25-29-48-56(35-41)70(5,6)59-37-51(43-17-8-7-9-18-43)67-66(63(48)59)50-21-13-15-23-61(50)72-67/h7-8,10-17,19-31,33-39H,32H2,1-6H3/b46-33-. The summed E-state index contributed by atoms with van der Waals surface area (Å²) in [5.74, 6) is 0. The Kier molecular flexibility index (Phi) is 8.27. The summed E-state index contributed by atoms with van der Waals surface area (Å²) in [6.45, 7) is 14.4. The maximum absolute atomic E-state index is 6.73. The van der Waals surface area contributed by atoms with E-state index in [1.54, 1.807) is 0 Å². The molecule has 72 heavy (non-hydrogen) atoms. The monoisotopic (exact) mass is 922 g/mol. The molecule has 0 saturated carbocycles. The topological polar surface area (TPSA) is 26.3 Å². The number of rotatable bonds is 5. The van der Waals surface area contributed by atoms with E-state index in [4.69, 9.17) is 8.83 Å². The van der Waals surface area contributed by atoms with Crippen molar-refractivity contribution in [3.05, 3.63) is 243 Å². The van der Waals surface area contributed by atoms with Crippen molar-refractivity contribution in [3.63, 3.8) is 0 Å². The van der Waals surface area contributed by atoms with Crippen molar-refractivity contribution in [2.24, 2.45) is 0 Å². The normalized spacial score (nSPS) is 16.1. The Morgan fingerprint density at radius 2 is 1.14 bits per heavy atom. The fourth-order valence-electron chi connectivity index (χ4n) is 13.4. The molecule has 0 aliphatic heterocycles. The van der Waals surface area contributed by atoms with Gasteiger partial charge in [0.1, 0.15) is 22.3 Å². The highest BCUT2D eigenvalue weighted by molar-refractivity contribution is 6.18. The molecule has 2 heterocycles. The van der Waals surface area contributed by atoms with Crippen molar-refractivity contribution >= 4 is 71.9 Å². The number of hydrogen-bond acceptors (Lipinski definition) is 2. The average Bonchev–Trinajstić information content (AvgIpc) is 4.14. The predicted molar refractivity (Wildman–Crippen MR) is 300 cm³/mol. The van der Waals surface area contributed by atoms with E-state index in [2.05, 4.69) is 223 Å². The Labute approximate surface area is 419 Å². The molecule has 4 aliphatic carbocycles. The van der Waals surface area contributed by atoms with Crippen molar-refractivity contribution < 1.29 is 8.83 Å². The van der Waals surface area contributed by atoms with Gasteiger partial charge in [-0.1, -0.05) is 180 Å². The fourth-order valence-corrected chi connectivity index (χ4v) is 13.4. The van der Waals surface area contributed by atoms with E-state index in [-0.39, 0.29) is 16.2 Å². The molecule has 11 aromatic rings. The lowest BCUT2D eigenvalue weighted by Gasteiger charge is -2.24. The van der Waals surface area contributed by atoms with Crippen LogP contribution >= 0.6 is 0 Å². The second kappa shape index (κ2) is 14.4. The minimum Gasteiger partial charge on any atom is -0.456 e. The lowest BCUT2D eigenvalue weighted by atomic mass is 9.79. The van der Waals surface area contributed by atoms with Gasteiger partial charge in [0.05, 0.1) is 0 Å². The van der Waals surface area contributed by atoms with Crippen LogP contribution in [0.5, 0.6) is 0 Å². The summed E-state index contributed by atoms with van der Waals surface area (Å²) in [6, 6.07) is 59.0. The Balaban J connectivity index is 0.853. The maximum Gasteiger partial charge on any atom is 0.144 e. The zero-order valence-corrected chi connectivity index (χ0v) is 41.3. The van der Waals surface area contributed by atoms with Crippen LogP contribution in [0.25, 0.3) is 105 Å². The Bertz CT molecular complexity index is 4460. The smallest absolute Gasteiger partial charge is 0.144 e. The van der Waals surface area contributed by atoms with Gasteiger partial charge < -0.3 is 8.83 Å². The van der Waals surface area contributed by atoms with Crippen LogP contribution in [-0.2, 0) is 22.7 Å². The van der Waals surface area contributed by atoms with Gasteiger partial charge in [0.25, 0.3) is 0 Å². The highest BCUT2D eigenvalue weighted by Crippen LogP contribution is 2.59. The molecule has 4 aliphatic rings. The lowest BCUT2D eigenvalue weighted by molar-refractivity contribution is 0.650. The van der Waals surface area contributed by atoms with E-state index in [1.165, 1.54) is 116 Å². The molecular weight excluding hydrogens is 873 g/mol. The maximum atomic E-state index is 6.73. The number of benzene rings is 9.